The molecule has 1 fully saturated rings. The van der Waals surface area contributed by atoms with Gasteiger partial charge in [-0.1, -0.05) is 0 Å². The monoisotopic (exact) mass is 256 g/mol. The number of methoxy groups -OCH3 is 1. The first kappa shape index (κ1) is 11.9. The number of nitrogens with zero attached hydrogens (tertiary/aromatic N) is 4. The van der Waals surface area contributed by atoms with Crippen molar-refractivity contribution in [2.75, 3.05) is 25.1 Å². The molecule has 0 bridgehead atoms. The minimum Gasteiger partial charge on any atom is -0.481 e. The van der Waals surface area contributed by atoms with E-state index in [9.17, 15) is 0 Å². The average molecular weight is 256 g/mol. The minimum absolute atomic E-state index is 0.564. The van der Waals surface area contributed by atoms with Crippen LogP contribution in [0.3, 0.4) is 0 Å². The van der Waals surface area contributed by atoms with Crippen LogP contribution in [0.15, 0.2) is 30.6 Å². The molecule has 3 heterocycles. The summed E-state index contributed by atoms with van der Waals surface area (Å²) in [7, 11) is 1.60. The maximum absolute atomic E-state index is 5.10. The molecule has 5 nitrogen and oxygen atoms in total. The molecule has 0 amide bonds. The van der Waals surface area contributed by atoms with Gasteiger partial charge in [0.15, 0.2) is 5.82 Å². The third kappa shape index (κ3) is 2.50. The predicted molar refractivity (Wildman–Crippen MR) is 73.3 cm³/mol. The molecule has 1 saturated heterocycles. The number of anilines is 1. The van der Waals surface area contributed by atoms with Crippen LogP contribution in [0.4, 0.5) is 5.82 Å². The number of pyridine rings is 1. The molecule has 0 aliphatic carbocycles. The fourth-order valence-corrected chi connectivity index (χ4v) is 2.25. The first-order valence-corrected chi connectivity index (χ1v) is 6.45. The van der Waals surface area contributed by atoms with Gasteiger partial charge in [0.1, 0.15) is 5.82 Å². The molecule has 0 spiro atoms. The third-order valence-electron chi connectivity index (χ3n) is 3.28. The Morgan fingerprint density at radius 1 is 1.11 bits per heavy atom. The van der Waals surface area contributed by atoms with Gasteiger partial charge in [0.05, 0.1) is 7.11 Å². The van der Waals surface area contributed by atoms with Crippen molar-refractivity contribution in [1.82, 2.24) is 15.0 Å². The molecule has 2 aromatic heterocycles. The number of aromatic nitrogens is 3. The lowest BCUT2D eigenvalue weighted by Gasteiger charge is -2.16. The van der Waals surface area contributed by atoms with Gasteiger partial charge in [-0.2, -0.15) is 4.98 Å². The van der Waals surface area contributed by atoms with Crippen LogP contribution in [0.5, 0.6) is 5.88 Å². The molecule has 0 unspecified atom stereocenters. The van der Waals surface area contributed by atoms with Gasteiger partial charge in [0, 0.05) is 37.1 Å². The Morgan fingerprint density at radius 3 is 2.63 bits per heavy atom. The fraction of sp³-hybridized carbons (Fsp3) is 0.357. The summed E-state index contributed by atoms with van der Waals surface area (Å²) in [6.45, 7) is 2.20. The van der Waals surface area contributed by atoms with Gasteiger partial charge in [0.2, 0.25) is 5.88 Å². The van der Waals surface area contributed by atoms with Gasteiger partial charge < -0.3 is 9.64 Å². The molecule has 5 heteroatoms. The maximum Gasteiger partial charge on any atom is 0.216 e. The molecule has 0 aromatic carbocycles. The molecular formula is C14H16N4O. The zero-order valence-corrected chi connectivity index (χ0v) is 10.9. The zero-order valence-electron chi connectivity index (χ0n) is 10.9. The Morgan fingerprint density at radius 2 is 1.95 bits per heavy atom. The van der Waals surface area contributed by atoms with Crippen molar-refractivity contribution in [1.29, 1.82) is 0 Å². The van der Waals surface area contributed by atoms with Gasteiger partial charge in [-0.15, -0.1) is 0 Å². The summed E-state index contributed by atoms with van der Waals surface area (Å²) in [6.07, 6.45) is 6.02. The fourth-order valence-electron chi connectivity index (χ4n) is 2.25. The zero-order chi connectivity index (χ0) is 13.1. The average Bonchev–Trinajstić information content (AvgIpc) is 3.02. The van der Waals surface area contributed by atoms with E-state index in [1.165, 1.54) is 12.8 Å². The van der Waals surface area contributed by atoms with E-state index in [1.54, 1.807) is 19.4 Å². The molecular weight excluding hydrogens is 240 g/mol. The number of hydrogen-bond donors (Lipinski definition) is 0. The third-order valence-corrected chi connectivity index (χ3v) is 3.28. The highest BCUT2D eigenvalue weighted by atomic mass is 16.5. The second-order valence-electron chi connectivity index (χ2n) is 4.52. The van der Waals surface area contributed by atoms with Crippen molar-refractivity contribution in [3.8, 4) is 17.3 Å². The molecule has 19 heavy (non-hydrogen) atoms. The van der Waals surface area contributed by atoms with E-state index in [2.05, 4.69) is 19.9 Å². The molecule has 0 saturated carbocycles. The van der Waals surface area contributed by atoms with E-state index in [1.807, 2.05) is 18.3 Å². The number of hydrogen-bond acceptors (Lipinski definition) is 5. The van der Waals surface area contributed by atoms with Crippen LogP contribution < -0.4 is 9.64 Å². The maximum atomic E-state index is 5.10. The topological polar surface area (TPSA) is 51.1 Å². The highest BCUT2D eigenvalue weighted by Gasteiger charge is 2.13. The lowest BCUT2D eigenvalue weighted by Crippen LogP contribution is -2.18. The quantitative estimate of drug-likeness (QED) is 0.842. The van der Waals surface area contributed by atoms with Crippen molar-refractivity contribution in [2.45, 2.75) is 12.8 Å². The Hall–Kier alpha value is -2.17. The lowest BCUT2D eigenvalue weighted by molar-refractivity contribution is 0.397. The molecule has 1 aliphatic rings. The van der Waals surface area contributed by atoms with Gasteiger partial charge in [-0.3, -0.25) is 0 Å². The molecule has 1 aliphatic heterocycles. The van der Waals surface area contributed by atoms with Crippen LogP contribution in [0, 0.1) is 0 Å². The van der Waals surface area contributed by atoms with Gasteiger partial charge in [-0.05, 0) is 25.0 Å². The summed E-state index contributed by atoms with van der Waals surface area (Å²) in [5.74, 6) is 2.23. The standard InChI is InChI=1S/C14H16N4O/c1-19-13-6-7-15-14(17-13)11-4-5-12(16-10-11)18-8-2-3-9-18/h4-7,10H,2-3,8-9H2,1H3. The molecule has 98 valence electrons. The largest absolute Gasteiger partial charge is 0.481 e. The Bertz CT molecular complexity index is 550. The van der Waals surface area contributed by atoms with Crippen LogP contribution in [0.1, 0.15) is 12.8 Å². The van der Waals surface area contributed by atoms with Crippen LogP contribution in [0.2, 0.25) is 0 Å². The Balaban J connectivity index is 1.84. The number of ether oxygens (including phenoxy) is 1. The normalized spacial score (nSPS) is 14.7. The van der Waals surface area contributed by atoms with Gasteiger partial charge >= 0.3 is 0 Å². The predicted octanol–water partition coefficient (Wildman–Crippen LogP) is 2.15. The summed E-state index contributed by atoms with van der Waals surface area (Å²) in [6, 6.07) is 5.77. The van der Waals surface area contributed by atoms with Crippen molar-refractivity contribution in [3.05, 3.63) is 30.6 Å². The van der Waals surface area contributed by atoms with E-state index in [0.717, 1.165) is 24.5 Å². The second-order valence-corrected chi connectivity index (χ2v) is 4.52. The van der Waals surface area contributed by atoms with E-state index in [-0.39, 0.29) is 0 Å². The highest BCUT2D eigenvalue weighted by Crippen LogP contribution is 2.21. The first-order valence-electron chi connectivity index (χ1n) is 6.45. The molecule has 3 rings (SSSR count). The van der Waals surface area contributed by atoms with Crippen molar-refractivity contribution in [2.24, 2.45) is 0 Å². The van der Waals surface area contributed by atoms with Crippen LogP contribution in [0.25, 0.3) is 11.4 Å². The van der Waals surface area contributed by atoms with E-state index >= 15 is 0 Å². The SMILES string of the molecule is COc1ccnc(-c2ccc(N3CCCC3)nc2)n1. The van der Waals surface area contributed by atoms with Crippen molar-refractivity contribution in [3.63, 3.8) is 0 Å². The molecule has 0 atom stereocenters. The van der Waals surface area contributed by atoms with Crippen LogP contribution >= 0.6 is 0 Å². The number of rotatable bonds is 3. The summed E-state index contributed by atoms with van der Waals surface area (Å²) in [5, 5.41) is 0. The Kier molecular flexibility index (Phi) is 3.27. The highest BCUT2D eigenvalue weighted by molar-refractivity contribution is 5.56. The molecule has 2 aromatic rings. The Labute approximate surface area is 112 Å². The molecule has 0 N–H and O–H groups in total. The summed E-state index contributed by atoms with van der Waals surface area (Å²) in [4.78, 5) is 15.3. The lowest BCUT2D eigenvalue weighted by atomic mass is 10.2. The first-order chi connectivity index (χ1) is 9.36. The van der Waals surface area contributed by atoms with Crippen molar-refractivity contribution >= 4 is 5.82 Å². The van der Waals surface area contributed by atoms with Crippen molar-refractivity contribution < 1.29 is 4.74 Å². The summed E-state index contributed by atoms with van der Waals surface area (Å²) < 4.78 is 5.10. The van der Waals surface area contributed by atoms with Crippen LogP contribution in [-0.4, -0.2) is 35.2 Å². The van der Waals surface area contributed by atoms with Crippen LogP contribution in [-0.2, 0) is 0 Å². The summed E-state index contributed by atoms with van der Waals surface area (Å²) >= 11 is 0. The van der Waals surface area contributed by atoms with E-state index < -0.39 is 0 Å². The van der Waals surface area contributed by atoms with Gasteiger partial charge in [0.25, 0.3) is 0 Å². The van der Waals surface area contributed by atoms with E-state index in [0.29, 0.717) is 11.7 Å². The molecule has 0 radical (unpaired) electrons. The smallest absolute Gasteiger partial charge is 0.216 e. The van der Waals surface area contributed by atoms with Gasteiger partial charge in [-0.25, -0.2) is 9.97 Å². The second kappa shape index (κ2) is 5.22. The van der Waals surface area contributed by atoms with E-state index in [4.69, 9.17) is 4.74 Å². The summed E-state index contributed by atoms with van der Waals surface area (Å²) in [5.41, 5.74) is 0.904. The minimum atomic E-state index is 0.564.